The molecule has 20 heavy (non-hydrogen) atoms. The number of amides is 1. The van der Waals surface area contributed by atoms with E-state index in [9.17, 15) is 9.59 Å². The zero-order valence-electron chi connectivity index (χ0n) is 11.2. The fraction of sp³-hybridized carbons (Fsp3) is 0.462. The van der Waals surface area contributed by atoms with Crippen LogP contribution in [-0.4, -0.2) is 40.4 Å². The van der Waals surface area contributed by atoms with Gasteiger partial charge < -0.3 is 15.2 Å². The van der Waals surface area contributed by atoms with Crippen LogP contribution in [0.5, 0.6) is 0 Å². The highest BCUT2D eigenvalue weighted by Crippen LogP contribution is 2.14. The number of nitrogens with one attached hydrogen (secondary N) is 2. The van der Waals surface area contributed by atoms with Crippen LogP contribution in [0.2, 0.25) is 0 Å². The van der Waals surface area contributed by atoms with Gasteiger partial charge in [-0.1, -0.05) is 0 Å². The second-order valence-corrected chi connectivity index (χ2v) is 5.91. The molecule has 0 unspecified atom stereocenters. The Bertz CT molecular complexity index is 687. The second kappa shape index (κ2) is 5.34. The van der Waals surface area contributed by atoms with Crippen molar-refractivity contribution in [3.63, 3.8) is 0 Å². The molecule has 3 heterocycles. The molecule has 0 saturated carbocycles. The number of aromatic nitrogens is 2. The molecule has 6 nitrogen and oxygen atoms in total. The van der Waals surface area contributed by atoms with E-state index in [0.29, 0.717) is 22.6 Å². The fourth-order valence-electron chi connectivity index (χ4n) is 2.46. The van der Waals surface area contributed by atoms with Gasteiger partial charge in [0.05, 0.1) is 18.1 Å². The standard InChI is InChI=1S/C13H16N4O2S/c1-17(13(19)9-3-2-5-14-9)7-10-15-8-4-6-20-11(8)12(18)16-10/h4,6,9,14H,2-3,5,7H2,1H3,(H,15,16,18)/t9-/m1/s1. The lowest BCUT2D eigenvalue weighted by molar-refractivity contribution is -0.132. The summed E-state index contributed by atoms with van der Waals surface area (Å²) < 4.78 is 0.625. The van der Waals surface area contributed by atoms with Crippen molar-refractivity contribution in [1.82, 2.24) is 20.2 Å². The Balaban J connectivity index is 1.78. The van der Waals surface area contributed by atoms with Crippen LogP contribution < -0.4 is 10.9 Å². The predicted molar refractivity (Wildman–Crippen MR) is 77.7 cm³/mol. The monoisotopic (exact) mass is 292 g/mol. The third-order valence-electron chi connectivity index (χ3n) is 3.49. The van der Waals surface area contributed by atoms with Gasteiger partial charge in [-0.2, -0.15) is 0 Å². The molecule has 1 fully saturated rings. The molecule has 0 aromatic carbocycles. The van der Waals surface area contributed by atoms with Crippen molar-refractivity contribution in [3.8, 4) is 0 Å². The van der Waals surface area contributed by atoms with E-state index in [4.69, 9.17) is 0 Å². The van der Waals surface area contributed by atoms with E-state index >= 15 is 0 Å². The molecule has 3 rings (SSSR count). The predicted octanol–water partition coefficient (Wildman–Crippen LogP) is 0.695. The number of carbonyl (C=O) groups excluding carboxylic acids is 1. The van der Waals surface area contributed by atoms with Gasteiger partial charge in [0.1, 0.15) is 10.5 Å². The Hall–Kier alpha value is -1.73. The molecule has 0 radical (unpaired) electrons. The average Bonchev–Trinajstić information content (AvgIpc) is 3.08. The van der Waals surface area contributed by atoms with Crippen LogP contribution in [0.15, 0.2) is 16.2 Å². The summed E-state index contributed by atoms with van der Waals surface area (Å²) in [5.74, 6) is 0.574. The summed E-state index contributed by atoms with van der Waals surface area (Å²) in [5, 5.41) is 5.02. The summed E-state index contributed by atoms with van der Waals surface area (Å²) in [6.45, 7) is 1.21. The number of carbonyl (C=O) groups is 1. The summed E-state index contributed by atoms with van der Waals surface area (Å²) in [5.41, 5.74) is 0.549. The first-order valence-corrected chi connectivity index (χ1v) is 7.48. The van der Waals surface area contributed by atoms with Gasteiger partial charge in [-0.15, -0.1) is 11.3 Å². The first-order chi connectivity index (χ1) is 9.65. The van der Waals surface area contributed by atoms with Crippen LogP contribution in [0, 0.1) is 0 Å². The van der Waals surface area contributed by atoms with Crippen LogP contribution in [0.1, 0.15) is 18.7 Å². The number of likely N-dealkylation sites (N-methyl/N-ethyl adjacent to an activating group) is 1. The zero-order chi connectivity index (χ0) is 14.1. The maximum atomic E-state index is 12.2. The third-order valence-corrected chi connectivity index (χ3v) is 4.39. The Morgan fingerprint density at radius 1 is 1.60 bits per heavy atom. The quantitative estimate of drug-likeness (QED) is 0.872. The molecule has 7 heteroatoms. The van der Waals surface area contributed by atoms with Gasteiger partial charge in [0.25, 0.3) is 5.56 Å². The lowest BCUT2D eigenvalue weighted by Crippen LogP contribution is -2.41. The van der Waals surface area contributed by atoms with E-state index in [0.717, 1.165) is 19.4 Å². The molecule has 2 aromatic rings. The topological polar surface area (TPSA) is 78.1 Å². The number of hydrogen-bond donors (Lipinski definition) is 2. The van der Waals surface area contributed by atoms with Gasteiger partial charge >= 0.3 is 0 Å². The van der Waals surface area contributed by atoms with E-state index in [1.54, 1.807) is 11.9 Å². The Morgan fingerprint density at radius 2 is 2.45 bits per heavy atom. The molecule has 0 aliphatic carbocycles. The van der Waals surface area contributed by atoms with Gasteiger partial charge in [0.15, 0.2) is 0 Å². The number of thiophene rings is 1. The minimum Gasteiger partial charge on any atom is -0.337 e. The number of hydrogen-bond acceptors (Lipinski definition) is 5. The smallest absolute Gasteiger partial charge is 0.268 e. The fourth-order valence-corrected chi connectivity index (χ4v) is 3.19. The summed E-state index contributed by atoms with van der Waals surface area (Å²) in [7, 11) is 1.74. The van der Waals surface area contributed by atoms with E-state index in [-0.39, 0.29) is 17.5 Å². The zero-order valence-corrected chi connectivity index (χ0v) is 12.0. The molecule has 1 aliphatic heterocycles. The molecule has 106 valence electrons. The van der Waals surface area contributed by atoms with Crippen molar-refractivity contribution in [2.75, 3.05) is 13.6 Å². The first-order valence-electron chi connectivity index (χ1n) is 6.60. The molecular formula is C13H16N4O2S. The Kier molecular flexibility index (Phi) is 3.54. The van der Waals surface area contributed by atoms with Crippen LogP contribution >= 0.6 is 11.3 Å². The van der Waals surface area contributed by atoms with Gasteiger partial charge in [0.2, 0.25) is 5.91 Å². The van der Waals surface area contributed by atoms with Crippen molar-refractivity contribution in [3.05, 3.63) is 27.6 Å². The highest BCUT2D eigenvalue weighted by Gasteiger charge is 2.25. The van der Waals surface area contributed by atoms with Crippen LogP contribution in [0.3, 0.4) is 0 Å². The van der Waals surface area contributed by atoms with E-state index < -0.39 is 0 Å². The van der Waals surface area contributed by atoms with Gasteiger partial charge in [-0.05, 0) is 30.8 Å². The number of rotatable bonds is 3. The molecule has 1 saturated heterocycles. The van der Waals surface area contributed by atoms with E-state index in [2.05, 4.69) is 15.3 Å². The maximum Gasteiger partial charge on any atom is 0.268 e. The molecular weight excluding hydrogens is 276 g/mol. The Morgan fingerprint density at radius 3 is 3.20 bits per heavy atom. The van der Waals surface area contributed by atoms with Crippen molar-refractivity contribution in [1.29, 1.82) is 0 Å². The largest absolute Gasteiger partial charge is 0.337 e. The van der Waals surface area contributed by atoms with Crippen molar-refractivity contribution in [2.24, 2.45) is 0 Å². The normalized spacial score (nSPS) is 18.6. The van der Waals surface area contributed by atoms with Crippen molar-refractivity contribution < 1.29 is 4.79 Å². The third kappa shape index (κ3) is 2.46. The van der Waals surface area contributed by atoms with Crippen molar-refractivity contribution in [2.45, 2.75) is 25.4 Å². The minimum atomic E-state index is -0.139. The average molecular weight is 292 g/mol. The van der Waals surface area contributed by atoms with E-state index in [1.165, 1.54) is 11.3 Å². The summed E-state index contributed by atoms with van der Waals surface area (Å²) in [6.07, 6.45) is 1.90. The highest BCUT2D eigenvalue weighted by molar-refractivity contribution is 7.17. The molecule has 0 spiro atoms. The second-order valence-electron chi connectivity index (χ2n) is 4.99. The molecule has 1 atom stereocenters. The Labute approximate surface area is 119 Å². The first kappa shape index (κ1) is 13.3. The van der Waals surface area contributed by atoms with Crippen LogP contribution in [0.4, 0.5) is 0 Å². The molecule has 1 amide bonds. The summed E-state index contributed by atoms with van der Waals surface area (Å²) in [4.78, 5) is 32.8. The number of fused-ring (bicyclic) bond motifs is 1. The molecule has 1 aliphatic rings. The van der Waals surface area contributed by atoms with Crippen LogP contribution in [0.25, 0.3) is 10.2 Å². The minimum absolute atomic E-state index is 0.0514. The molecule has 0 bridgehead atoms. The SMILES string of the molecule is CN(Cc1nc2ccsc2c(=O)[nH]1)C(=O)[C@H]1CCCN1. The lowest BCUT2D eigenvalue weighted by atomic mass is 10.2. The molecule has 2 aromatic heterocycles. The number of aromatic amines is 1. The molecule has 2 N–H and O–H groups in total. The number of nitrogens with zero attached hydrogens (tertiary/aromatic N) is 2. The van der Waals surface area contributed by atoms with Gasteiger partial charge in [-0.3, -0.25) is 9.59 Å². The maximum absolute atomic E-state index is 12.2. The van der Waals surface area contributed by atoms with Crippen molar-refractivity contribution >= 4 is 27.5 Å². The summed E-state index contributed by atoms with van der Waals surface area (Å²) in [6, 6.07) is 1.72. The summed E-state index contributed by atoms with van der Waals surface area (Å²) >= 11 is 1.37. The highest BCUT2D eigenvalue weighted by atomic mass is 32.1. The van der Waals surface area contributed by atoms with E-state index in [1.807, 2.05) is 11.4 Å². The lowest BCUT2D eigenvalue weighted by Gasteiger charge is -2.20. The number of H-pyrrole nitrogens is 1. The van der Waals surface area contributed by atoms with Crippen LogP contribution in [-0.2, 0) is 11.3 Å². The van der Waals surface area contributed by atoms with Gasteiger partial charge in [-0.25, -0.2) is 4.98 Å². The van der Waals surface area contributed by atoms with Gasteiger partial charge in [0, 0.05) is 7.05 Å².